The third-order valence-electron chi connectivity index (χ3n) is 4.10. The summed E-state index contributed by atoms with van der Waals surface area (Å²) in [7, 11) is 0. The number of rotatable bonds is 7. The zero-order chi connectivity index (χ0) is 20.0. The van der Waals surface area contributed by atoms with Gasteiger partial charge < -0.3 is 9.47 Å². The van der Waals surface area contributed by atoms with Crippen molar-refractivity contribution < 1.29 is 22.6 Å². The summed E-state index contributed by atoms with van der Waals surface area (Å²) >= 11 is 5.76. The van der Waals surface area contributed by atoms with Crippen LogP contribution in [0.2, 0.25) is 5.02 Å². The number of hydrogen-bond acceptors (Lipinski definition) is 2. The van der Waals surface area contributed by atoms with Crippen LogP contribution in [0.3, 0.4) is 0 Å². The van der Waals surface area contributed by atoms with Gasteiger partial charge in [0, 0.05) is 5.02 Å². The van der Waals surface area contributed by atoms with E-state index in [2.05, 4.69) is 0 Å². The molecule has 1 atom stereocenters. The van der Waals surface area contributed by atoms with Crippen LogP contribution in [0.1, 0.15) is 17.0 Å². The van der Waals surface area contributed by atoms with Gasteiger partial charge in [-0.05, 0) is 47.5 Å². The first-order chi connectivity index (χ1) is 13.4. The highest BCUT2D eigenvalue weighted by atomic mass is 35.5. The van der Waals surface area contributed by atoms with Crippen molar-refractivity contribution in [3.63, 3.8) is 0 Å². The van der Waals surface area contributed by atoms with Crippen LogP contribution in [0.5, 0.6) is 11.5 Å². The second-order valence-electron chi connectivity index (χ2n) is 6.22. The Morgan fingerprint density at radius 1 is 0.821 bits per heavy atom. The van der Waals surface area contributed by atoms with E-state index in [1.807, 2.05) is 30.3 Å². The minimum Gasteiger partial charge on any atom is -0.457 e. The van der Waals surface area contributed by atoms with Crippen LogP contribution in [-0.4, -0.2) is 12.8 Å². The molecule has 6 heteroatoms. The van der Waals surface area contributed by atoms with Crippen molar-refractivity contribution in [2.75, 3.05) is 6.61 Å². The monoisotopic (exact) mass is 406 g/mol. The summed E-state index contributed by atoms with van der Waals surface area (Å²) in [6.07, 6.45) is -4.41. The molecule has 0 saturated carbocycles. The Labute approximate surface area is 166 Å². The highest BCUT2D eigenvalue weighted by Gasteiger charge is 2.40. The minimum atomic E-state index is -4.41. The molecular weight excluding hydrogens is 389 g/mol. The average Bonchev–Trinajstić information content (AvgIpc) is 2.66. The maximum Gasteiger partial charge on any atom is 0.397 e. The van der Waals surface area contributed by atoms with Gasteiger partial charge in [-0.3, -0.25) is 0 Å². The lowest BCUT2D eigenvalue weighted by molar-refractivity contribution is -0.163. The number of hydrogen-bond donors (Lipinski definition) is 0. The van der Waals surface area contributed by atoms with Crippen LogP contribution in [-0.2, 0) is 11.3 Å². The molecule has 0 fully saturated rings. The molecule has 0 N–H and O–H groups in total. The molecule has 3 rings (SSSR count). The summed E-state index contributed by atoms with van der Waals surface area (Å²) in [5.74, 6) is -0.439. The van der Waals surface area contributed by atoms with Crippen LogP contribution < -0.4 is 4.74 Å². The number of alkyl halides is 3. The van der Waals surface area contributed by atoms with E-state index in [1.54, 1.807) is 24.3 Å². The largest absolute Gasteiger partial charge is 0.457 e. The fraction of sp³-hybridized carbons (Fsp3) is 0.182. The molecule has 146 valence electrons. The van der Waals surface area contributed by atoms with Crippen molar-refractivity contribution in [3.8, 4) is 11.5 Å². The molecule has 0 radical (unpaired) electrons. The Morgan fingerprint density at radius 3 is 2.18 bits per heavy atom. The van der Waals surface area contributed by atoms with Gasteiger partial charge in [0.2, 0.25) is 0 Å². The number of para-hydroxylation sites is 1. The van der Waals surface area contributed by atoms with Gasteiger partial charge in [-0.25, -0.2) is 0 Å². The molecule has 0 aromatic heterocycles. The lowest BCUT2D eigenvalue weighted by Gasteiger charge is -2.21. The van der Waals surface area contributed by atoms with E-state index in [0.29, 0.717) is 16.5 Å². The van der Waals surface area contributed by atoms with E-state index in [1.165, 1.54) is 24.3 Å². The van der Waals surface area contributed by atoms with Crippen LogP contribution in [0.15, 0.2) is 78.9 Å². The summed E-state index contributed by atoms with van der Waals surface area (Å²) in [5, 5.41) is 0.390. The van der Waals surface area contributed by atoms with Crippen molar-refractivity contribution in [2.45, 2.75) is 18.7 Å². The third-order valence-corrected chi connectivity index (χ3v) is 4.35. The van der Waals surface area contributed by atoms with Crippen molar-refractivity contribution in [2.24, 2.45) is 0 Å². The van der Waals surface area contributed by atoms with Gasteiger partial charge in [0.1, 0.15) is 17.4 Å². The highest BCUT2D eigenvalue weighted by Crippen LogP contribution is 2.35. The minimum absolute atomic E-state index is 0.0478. The van der Waals surface area contributed by atoms with E-state index < -0.39 is 18.7 Å². The van der Waals surface area contributed by atoms with E-state index in [4.69, 9.17) is 21.1 Å². The van der Waals surface area contributed by atoms with Crippen molar-refractivity contribution >= 4 is 11.6 Å². The Kier molecular flexibility index (Phi) is 6.60. The molecule has 0 bridgehead atoms. The zero-order valence-electron chi connectivity index (χ0n) is 14.8. The van der Waals surface area contributed by atoms with Gasteiger partial charge in [0.05, 0.1) is 13.2 Å². The Hall–Kier alpha value is -2.50. The molecule has 0 aliphatic rings. The molecule has 3 aromatic rings. The molecule has 1 unspecified atom stereocenters. The molecule has 2 nitrogen and oxygen atoms in total. The van der Waals surface area contributed by atoms with E-state index in [9.17, 15) is 13.2 Å². The van der Waals surface area contributed by atoms with Crippen LogP contribution in [0.25, 0.3) is 0 Å². The first-order valence-electron chi connectivity index (χ1n) is 8.63. The van der Waals surface area contributed by atoms with Gasteiger partial charge in [0.15, 0.2) is 0 Å². The lowest BCUT2D eigenvalue weighted by Crippen LogP contribution is -2.25. The van der Waals surface area contributed by atoms with Crippen LogP contribution in [0.4, 0.5) is 13.2 Å². The molecule has 0 saturated heterocycles. The Balaban J connectivity index is 1.62. The Morgan fingerprint density at radius 2 is 1.50 bits per heavy atom. The van der Waals surface area contributed by atoms with E-state index >= 15 is 0 Å². The predicted octanol–water partition coefficient (Wildman–Crippen LogP) is 7.00. The van der Waals surface area contributed by atoms with Crippen LogP contribution >= 0.6 is 11.6 Å². The number of ether oxygens (including phenoxy) is 2. The molecule has 3 aromatic carbocycles. The third kappa shape index (κ3) is 5.75. The quantitative estimate of drug-likeness (QED) is 0.420. The molecule has 0 spiro atoms. The second kappa shape index (κ2) is 9.13. The summed E-state index contributed by atoms with van der Waals surface area (Å²) < 4.78 is 51.3. The molecule has 0 heterocycles. The van der Waals surface area contributed by atoms with Gasteiger partial charge >= 0.3 is 6.18 Å². The molecule has 0 aliphatic heterocycles. The summed E-state index contributed by atoms with van der Waals surface area (Å²) in [6, 6.07) is 22.0. The second-order valence-corrected chi connectivity index (χ2v) is 6.66. The summed E-state index contributed by atoms with van der Waals surface area (Å²) in [6.45, 7) is -0.430. The SMILES string of the molecule is FC(F)(F)C(COCc1cccc(Oc2ccccc2)c1)c1ccc(Cl)cc1. The molecule has 0 amide bonds. The van der Waals surface area contributed by atoms with Crippen molar-refractivity contribution in [3.05, 3.63) is 95.0 Å². The molecule has 28 heavy (non-hydrogen) atoms. The van der Waals surface area contributed by atoms with E-state index in [0.717, 1.165) is 5.56 Å². The fourth-order valence-electron chi connectivity index (χ4n) is 2.69. The maximum absolute atomic E-state index is 13.4. The standard InChI is InChI=1S/C22H18ClF3O2/c23-18-11-9-17(10-12-18)21(22(24,25)26)15-27-14-16-5-4-8-20(13-16)28-19-6-2-1-3-7-19/h1-13,21H,14-15H2. The fourth-order valence-corrected chi connectivity index (χ4v) is 2.82. The lowest BCUT2D eigenvalue weighted by atomic mass is 9.99. The Bertz CT molecular complexity index is 880. The average molecular weight is 407 g/mol. The smallest absolute Gasteiger partial charge is 0.397 e. The van der Waals surface area contributed by atoms with Gasteiger partial charge in [-0.1, -0.05) is 54.1 Å². The molecule has 0 aliphatic carbocycles. The van der Waals surface area contributed by atoms with Crippen molar-refractivity contribution in [1.29, 1.82) is 0 Å². The number of halogens is 4. The van der Waals surface area contributed by atoms with Gasteiger partial charge in [-0.15, -0.1) is 0 Å². The van der Waals surface area contributed by atoms with Crippen LogP contribution in [0, 0.1) is 0 Å². The first-order valence-corrected chi connectivity index (χ1v) is 9.01. The normalized spacial score (nSPS) is 12.6. The van der Waals surface area contributed by atoms with Crippen molar-refractivity contribution in [1.82, 2.24) is 0 Å². The van der Waals surface area contributed by atoms with E-state index in [-0.39, 0.29) is 12.2 Å². The summed E-state index contributed by atoms with van der Waals surface area (Å²) in [4.78, 5) is 0. The maximum atomic E-state index is 13.4. The van der Waals surface area contributed by atoms with Gasteiger partial charge in [-0.2, -0.15) is 13.2 Å². The zero-order valence-corrected chi connectivity index (χ0v) is 15.6. The molecular formula is C22H18ClF3O2. The number of benzene rings is 3. The highest BCUT2D eigenvalue weighted by molar-refractivity contribution is 6.30. The predicted molar refractivity (Wildman–Crippen MR) is 103 cm³/mol. The summed E-state index contributed by atoms with van der Waals surface area (Å²) in [5.41, 5.74) is 0.850. The topological polar surface area (TPSA) is 18.5 Å². The first kappa shape index (κ1) is 20.2. The van der Waals surface area contributed by atoms with Gasteiger partial charge in [0.25, 0.3) is 0 Å².